The number of hydrogen-bond donors (Lipinski definition) is 1. The van der Waals surface area contributed by atoms with Gasteiger partial charge in [0.1, 0.15) is 5.41 Å². The Labute approximate surface area is 140 Å². The van der Waals surface area contributed by atoms with Gasteiger partial charge in [0.15, 0.2) is 0 Å². The number of likely N-dealkylation sites (tertiary alicyclic amines) is 1. The highest BCUT2D eigenvalue weighted by Gasteiger charge is 2.46. The first-order valence-electron chi connectivity index (χ1n) is 7.85. The minimum absolute atomic E-state index is 0.0994. The minimum atomic E-state index is -1.03. The second kappa shape index (κ2) is 6.20. The molecule has 2 aromatic rings. The smallest absolute Gasteiger partial charge is 0.313 e. The van der Waals surface area contributed by atoms with Crippen LogP contribution < -0.4 is 0 Å². The molecular formula is C18H20N2O4. The van der Waals surface area contributed by atoms with Crippen molar-refractivity contribution in [2.24, 2.45) is 5.41 Å². The van der Waals surface area contributed by atoms with Gasteiger partial charge in [-0.05, 0) is 25.5 Å². The lowest BCUT2D eigenvalue weighted by Crippen LogP contribution is -2.40. The van der Waals surface area contributed by atoms with Gasteiger partial charge in [-0.1, -0.05) is 18.2 Å². The number of fused-ring (bicyclic) bond motifs is 1. The van der Waals surface area contributed by atoms with Crippen molar-refractivity contribution < 1.29 is 19.4 Å². The Morgan fingerprint density at radius 3 is 2.83 bits per heavy atom. The molecule has 1 atom stereocenters. The molecule has 0 spiro atoms. The number of methoxy groups -OCH3 is 1. The fraction of sp³-hybridized carbons (Fsp3) is 0.389. The molecule has 2 heterocycles. The first kappa shape index (κ1) is 16.4. The van der Waals surface area contributed by atoms with Gasteiger partial charge in [-0.25, -0.2) is 0 Å². The Kier molecular flexibility index (Phi) is 4.24. The number of carboxylic acid groups (broad SMARTS) is 1. The number of amides is 1. The summed E-state index contributed by atoms with van der Waals surface area (Å²) in [4.78, 5) is 30.7. The molecule has 6 heteroatoms. The number of rotatable bonds is 4. The van der Waals surface area contributed by atoms with E-state index in [0.717, 1.165) is 16.6 Å². The lowest BCUT2D eigenvalue weighted by atomic mass is 9.88. The molecule has 1 saturated heterocycles. The molecule has 6 nitrogen and oxygen atoms in total. The predicted molar refractivity (Wildman–Crippen MR) is 88.9 cm³/mol. The normalized spacial score (nSPS) is 20.5. The standard InChI is InChI=1S/C18H20N2O4/c1-12-9-14(13-5-3-4-6-15(13)19-12)16(21)20-8-7-18(10-20,11-24-2)17(22)23/h3-6,9H,7-8,10-11H2,1-2H3,(H,22,23). The number of aromatic nitrogens is 1. The number of para-hydroxylation sites is 1. The van der Waals surface area contributed by atoms with Crippen LogP contribution in [-0.2, 0) is 9.53 Å². The molecule has 1 N–H and O–H groups in total. The highest BCUT2D eigenvalue weighted by atomic mass is 16.5. The number of pyridine rings is 1. The third-order valence-electron chi connectivity index (χ3n) is 4.59. The molecule has 126 valence electrons. The predicted octanol–water partition coefficient (Wildman–Crippen LogP) is 2.11. The minimum Gasteiger partial charge on any atom is -0.481 e. The van der Waals surface area contributed by atoms with Gasteiger partial charge in [0.25, 0.3) is 5.91 Å². The number of carbonyl (C=O) groups is 2. The number of ether oxygens (including phenoxy) is 1. The van der Waals surface area contributed by atoms with Gasteiger partial charge >= 0.3 is 5.97 Å². The summed E-state index contributed by atoms with van der Waals surface area (Å²) in [6.45, 7) is 2.51. The number of carboxylic acids is 1. The van der Waals surface area contributed by atoms with E-state index in [-0.39, 0.29) is 19.1 Å². The fourth-order valence-corrected chi connectivity index (χ4v) is 3.33. The number of hydrogen-bond acceptors (Lipinski definition) is 4. The first-order valence-corrected chi connectivity index (χ1v) is 7.85. The Hall–Kier alpha value is -2.47. The van der Waals surface area contributed by atoms with E-state index in [1.54, 1.807) is 11.0 Å². The third-order valence-corrected chi connectivity index (χ3v) is 4.59. The van der Waals surface area contributed by atoms with Gasteiger partial charge in [-0.2, -0.15) is 0 Å². The number of carbonyl (C=O) groups excluding carboxylic acids is 1. The topological polar surface area (TPSA) is 79.7 Å². The zero-order chi connectivity index (χ0) is 17.3. The van der Waals surface area contributed by atoms with E-state index < -0.39 is 11.4 Å². The molecular weight excluding hydrogens is 308 g/mol. The van der Waals surface area contributed by atoms with Crippen LogP contribution in [0.4, 0.5) is 0 Å². The molecule has 0 saturated carbocycles. The van der Waals surface area contributed by atoms with Crippen LogP contribution in [-0.4, -0.2) is 53.7 Å². The van der Waals surface area contributed by atoms with Gasteiger partial charge in [-0.15, -0.1) is 0 Å². The van der Waals surface area contributed by atoms with Crippen LogP contribution >= 0.6 is 0 Å². The van der Waals surface area contributed by atoms with Crippen LogP contribution in [0, 0.1) is 12.3 Å². The molecule has 1 aromatic carbocycles. The molecule has 1 aliphatic rings. The van der Waals surface area contributed by atoms with Gasteiger partial charge in [0, 0.05) is 31.3 Å². The Morgan fingerprint density at radius 2 is 2.12 bits per heavy atom. The average Bonchev–Trinajstić information content (AvgIpc) is 2.99. The molecule has 1 aromatic heterocycles. The van der Waals surface area contributed by atoms with Crippen LogP contribution in [0.3, 0.4) is 0 Å². The van der Waals surface area contributed by atoms with Crippen molar-refractivity contribution in [2.75, 3.05) is 26.8 Å². The number of benzene rings is 1. The summed E-state index contributed by atoms with van der Waals surface area (Å²) in [6, 6.07) is 9.25. The molecule has 24 heavy (non-hydrogen) atoms. The lowest BCUT2D eigenvalue weighted by molar-refractivity contribution is -0.151. The number of aryl methyl sites for hydroxylation is 1. The summed E-state index contributed by atoms with van der Waals surface area (Å²) in [5.41, 5.74) is 1.07. The van der Waals surface area contributed by atoms with E-state index in [4.69, 9.17) is 4.74 Å². The van der Waals surface area contributed by atoms with E-state index >= 15 is 0 Å². The summed E-state index contributed by atoms with van der Waals surface area (Å²) in [7, 11) is 1.48. The zero-order valence-corrected chi connectivity index (χ0v) is 13.8. The Balaban J connectivity index is 1.95. The quantitative estimate of drug-likeness (QED) is 0.930. The molecule has 1 amide bonds. The lowest BCUT2D eigenvalue weighted by Gasteiger charge is -2.24. The van der Waals surface area contributed by atoms with Crippen LogP contribution in [0.15, 0.2) is 30.3 Å². The van der Waals surface area contributed by atoms with E-state index in [9.17, 15) is 14.7 Å². The maximum absolute atomic E-state index is 13.0. The van der Waals surface area contributed by atoms with Crippen molar-refractivity contribution in [1.29, 1.82) is 0 Å². The molecule has 1 fully saturated rings. The third kappa shape index (κ3) is 2.73. The molecule has 0 bridgehead atoms. The SMILES string of the molecule is COCC1(C(=O)O)CCN(C(=O)c2cc(C)nc3ccccc23)C1. The van der Waals surface area contributed by atoms with Crippen molar-refractivity contribution >= 4 is 22.8 Å². The highest BCUT2D eigenvalue weighted by molar-refractivity contribution is 6.06. The van der Waals surface area contributed by atoms with Crippen molar-refractivity contribution in [2.45, 2.75) is 13.3 Å². The van der Waals surface area contributed by atoms with Crippen molar-refractivity contribution in [1.82, 2.24) is 9.88 Å². The summed E-state index contributed by atoms with van der Waals surface area (Å²) in [5, 5.41) is 10.3. The van der Waals surface area contributed by atoms with Crippen LogP contribution in [0.25, 0.3) is 10.9 Å². The van der Waals surface area contributed by atoms with E-state index in [2.05, 4.69) is 4.98 Å². The number of aliphatic carboxylic acids is 1. The maximum Gasteiger partial charge on any atom is 0.313 e. The molecule has 1 unspecified atom stereocenters. The molecule has 0 aliphatic carbocycles. The van der Waals surface area contributed by atoms with Crippen molar-refractivity contribution in [3.8, 4) is 0 Å². The van der Waals surface area contributed by atoms with Crippen LogP contribution in [0.1, 0.15) is 22.5 Å². The van der Waals surface area contributed by atoms with E-state index in [1.165, 1.54) is 7.11 Å². The monoisotopic (exact) mass is 328 g/mol. The van der Waals surface area contributed by atoms with Gasteiger partial charge in [0.05, 0.1) is 17.7 Å². The average molecular weight is 328 g/mol. The molecule has 3 rings (SSSR count). The fourth-order valence-electron chi connectivity index (χ4n) is 3.33. The molecule has 0 radical (unpaired) electrons. The van der Waals surface area contributed by atoms with E-state index in [0.29, 0.717) is 18.5 Å². The number of nitrogens with zero attached hydrogens (tertiary/aromatic N) is 2. The summed E-state index contributed by atoms with van der Waals surface area (Å²) in [6.07, 6.45) is 0.393. The Morgan fingerprint density at radius 1 is 1.38 bits per heavy atom. The summed E-state index contributed by atoms with van der Waals surface area (Å²) in [5.74, 6) is -1.08. The second-order valence-electron chi connectivity index (χ2n) is 6.32. The van der Waals surface area contributed by atoms with Crippen LogP contribution in [0.2, 0.25) is 0 Å². The maximum atomic E-state index is 13.0. The highest BCUT2D eigenvalue weighted by Crippen LogP contribution is 2.33. The molecule has 1 aliphatic heterocycles. The van der Waals surface area contributed by atoms with Gasteiger partial charge < -0.3 is 14.7 Å². The zero-order valence-electron chi connectivity index (χ0n) is 13.8. The van der Waals surface area contributed by atoms with Crippen molar-refractivity contribution in [3.63, 3.8) is 0 Å². The second-order valence-corrected chi connectivity index (χ2v) is 6.32. The van der Waals surface area contributed by atoms with Gasteiger partial charge in [-0.3, -0.25) is 14.6 Å². The summed E-state index contributed by atoms with van der Waals surface area (Å²) >= 11 is 0. The van der Waals surface area contributed by atoms with Crippen molar-refractivity contribution in [3.05, 3.63) is 41.6 Å². The van der Waals surface area contributed by atoms with E-state index in [1.807, 2.05) is 31.2 Å². The summed E-state index contributed by atoms with van der Waals surface area (Å²) < 4.78 is 5.08. The van der Waals surface area contributed by atoms with Gasteiger partial charge in [0.2, 0.25) is 0 Å². The van der Waals surface area contributed by atoms with Crippen LogP contribution in [0.5, 0.6) is 0 Å². The largest absolute Gasteiger partial charge is 0.481 e. The first-order chi connectivity index (χ1) is 11.5. The Bertz CT molecular complexity index is 805.